The number of fused-ring (bicyclic) bond motifs is 2. The molecule has 1 aromatic heterocycles. The van der Waals surface area contributed by atoms with Gasteiger partial charge in [-0.25, -0.2) is 9.97 Å². The Balaban J connectivity index is 1.16. The molecule has 6 rings (SSSR count). The van der Waals surface area contributed by atoms with Crippen molar-refractivity contribution in [3.63, 3.8) is 0 Å². The van der Waals surface area contributed by atoms with Crippen LogP contribution in [0.4, 0.5) is 17.3 Å². The van der Waals surface area contributed by atoms with Gasteiger partial charge in [0.1, 0.15) is 5.03 Å². The Morgan fingerprint density at radius 3 is 2.65 bits per heavy atom. The summed E-state index contributed by atoms with van der Waals surface area (Å²) in [5.41, 5.74) is 4.26. The molecular weight excluding hydrogens is 531 g/mol. The third-order valence-electron chi connectivity index (χ3n) is 6.89. The molecule has 3 aromatic rings. The van der Waals surface area contributed by atoms with Crippen LogP contribution in [0.5, 0.6) is 0 Å². The summed E-state index contributed by atoms with van der Waals surface area (Å²) in [6.07, 6.45) is 3.57. The van der Waals surface area contributed by atoms with E-state index in [0.29, 0.717) is 44.7 Å². The first-order chi connectivity index (χ1) is 18.0. The standard InChI is InChI=1S/C26H24Cl2N6O2S/c27-20-3-1-4-21(28)23(20)34-15-37-24-19(25(34)36)12-29-26(31-24)30-18-6-5-16-7-10-32(13-17(16)11-18)14-22(35)33-8-2-9-33/h1,3-6,11-12H,2,7-10,13-15H2,(H,29,30,31). The summed E-state index contributed by atoms with van der Waals surface area (Å²) in [5.74, 6) is 0.742. The number of likely N-dealkylation sites (tertiary alicyclic amines) is 1. The lowest BCUT2D eigenvalue weighted by Gasteiger charge is -2.35. The molecule has 0 atom stereocenters. The van der Waals surface area contributed by atoms with Crippen LogP contribution < -0.4 is 10.2 Å². The molecule has 0 bridgehead atoms. The number of carbonyl (C=O) groups excluding carboxylic acids is 2. The lowest BCUT2D eigenvalue weighted by Crippen LogP contribution is -2.47. The number of hydrogen-bond acceptors (Lipinski definition) is 7. The van der Waals surface area contributed by atoms with E-state index in [1.54, 1.807) is 29.3 Å². The monoisotopic (exact) mass is 554 g/mol. The van der Waals surface area contributed by atoms with Gasteiger partial charge in [-0.15, -0.1) is 0 Å². The third kappa shape index (κ3) is 4.88. The highest BCUT2D eigenvalue weighted by molar-refractivity contribution is 7.99. The van der Waals surface area contributed by atoms with Crippen LogP contribution in [0.15, 0.2) is 47.6 Å². The maximum Gasteiger partial charge on any atom is 0.263 e. The Morgan fingerprint density at radius 1 is 1.08 bits per heavy atom. The molecule has 8 nitrogen and oxygen atoms in total. The first kappa shape index (κ1) is 24.5. The second kappa shape index (κ2) is 10.1. The minimum Gasteiger partial charge on any atom is -0.341 e. The van der Waals surface area contributed by atoms with Gasteiger partial charge >= 0.3 is 0 Å². The van der Waals surface area contributed by atoms with Gasteiger partial charge in [0.05, 0.1) is 33.7 Å². The summed E-state index contributed by atoms with van der Waals surface area (Å²) < 4.78 is 0. The summed E-state index contributed by atoms with van der Waals surface area (Å²) in [7, 11) is 0. The van der Waals surface area contributed by atoms with E-state index >= 15 is 0 Å². The van der Waals surface area contributed by atoms with Gasteiger partial charge in [-0.2, -0.15) is 0 Å². The number of nitrogens with one attached hydrogen (secondary N) is 1. The summed E-state index contributed by atoms with van der Waals surface area (Å²) in [6.45, 7) is 3.85. The Hall–Kier alpha value is -2.85. The minimum absolute atomic E-state index is 0.217. The number of halogens is 2. The molecule has 0 aliphatic carbocycles. The Kier molecular flexibility index (Phi) is 6.71. The molecule has 0 unspecified atom stereocenters. The minimum atomic E-state index is -0.239. The molecule has 37 heavy (non-hydrogen) atoms. The average molecular weight is 555 g/mol. The smallest absolute Gasteiger partial charge is 0.263 e. The number of amides is 2. The first-order valence-corrected chi connectivity index (χ1v) is 13.8. The highest BCUT2D eigenvalue weighted by Gasteiger charge is 2.31. The molecule has 11 heteroatoms. The van der Waals surface area contributed by atoms with E-state index in [1.807, 2.05) is 11.0 Å². The Labute approximate surface area is 228 Å². The van der Waals surface area contributed by atoms with Gasteiger partial charge in [-0.1, -0.05) is 47.1 Å². The Morgan fingerprint density at radius 2 is 1.89 bits per heavy atom. The van der Waals surface area contributed by atoms with Crippen molar-refractivity contribution < 1.29 is 9.59 Å². The van der Waals surface area contributed by atoms with Gasteiger partial charge in [-0.05, 0) is 48.2 Å². The SMILES string of the molecule is O=C(CN1CCc2ccc(Nc3ncc4c(n3)SCN(c3c(Cl)cccc3Cl)C4=O)cc2C1)N1CCC1. The third-order valence-corrected chi connectivity index (χ3v) is 8.47. The fourth-order valence-electron chi connectivity index (χ4n) is 4.74. The van der Waals surface area contributed by atoms with Gasteiger partial charge < -0.3 is 10.2 Å². The predicted molar refractivity (Wildman–Crippen MR) is 146 cm³/mol. The zero-order chi connectivity index (χ0) is 25.5. The number of thioether (sulfide) groups is 1. The Bertz CT molecular complexity index is 1380. The number of aromatic nitrogens is 2. The van der Waals surface area contributed by atoms with Gasteiger partial charge in [0.2, 0.25) is 11.9 Å². The van der Waals surface area contributed by atoms with Crippen LogP contribution in [0, 0.1) is 0 Å². The molecule has 0 spiro atoms. The van der Waals surface area contributed by atoms with Gasteiger partial charge in [0.15, 0.2) is 0 Å². The summed E-state index contributed by atoms with van der Waals surface area (Å²) in [4.78, 5) is 40.3. The van der Waals surface area contributed by atoms with Crippen molar-refractivity contribution in [2.24, 2.45) is 0 Å². The van der Waals surface area contributed by atoms with Crippen LogP contribution in [0.1, 0.15) is 27.9 Å². The highest BCUT2D eigenvalue weighted by Crippen LogP contribution is 2.39. The molecule has 3 aliphatic heterocycles. The van der Waals surface area contributed by atoms with Crippen LogP contribution in [0.2, 0.25) is 10.0 Å². The van der Waals surface area contributed by atoms with E-state index in [4.69, 9.17) is 23.2 Å². The molecule has 190 valence electrons. The maximum absolute atomic E-state index is 13.2. The largest absolute Gasteiger partial charge is 0.341 e. The highest BCUT2D eigenvalue weighted by atomic mass is 35.5. The maximum atomic E-state index is 13.2. The van der Waals surface area contributed by atoms with Gasteiger partial charge in [-0.3, -0.25) is 19.4 Å². The molecule has 1 fully saturated rings. The summed E-state index contributed by atoms with van der Waals surface area (Å²) in [5, 5.41) is 4.72. The quantitative estimate of drug-likeness (QED) is 0.452. The number of para-hydroxylation sites is 1. The van der Waals surface area contributed by atoms with Crippen molar-refractivity contribution in [2.75, 3.05) is 42.3 Å². The van der Waals surface area contributed by atoms with Crippen molar-refractivity contribution in [2.45, 2.75) is 24.4 Å². The summed E-state index contributed by atoms with van der Waals surface area (Å²) >= 11 is 14.1. The second-order valence-electron chi connectivity index (χ2n) is 9.29. The number of benzene rings is 2. The van der Waals surface area contributed by atoms with Crippen LogP contribution >= 0.6 is 35.0 Å². The van der Waals surface area contributed by atoms with Crippen molar-refractivity contribution in [1.82, 2.24) is 19.8 Å². The van der Waals surface area contributed by atoms with Gasteiger partial charge in [0.25, 0.3) is 5.91 Å². The number of anilines is 3. The van der Waals surface area contributed by atoms with Crippen LogP contribution in [-0.4, -0.2) is 63.6 Å². The molecule has 3 aliphatic rings. The van der Waals surface area contributed by atoms with Crippen molar-refractivity contribution >= 4 is 64.1 Å². The molecule has 0 saturated carbocycles. The van der Waals surface area contributed by atoms with Crippen molar-refractivity contribution in [3.05, 3.63) is 69.3 Å². The second-order valence-corrected chi connectivity index (χ2v) is 11.0. The molecule has 4 heterocycles. The zero-order valence-corrected chi connectivity index (χ0v) is 22.2. The molecule has 0 radical (unpaired) electrons. The fourth-order valence-corrected chi connectivity index (χ4v) is 6.29. The van der Waals surface area contributed by atoms with Crippen molar-refractivity contribution in [3.8, 4) is 0 Å². The molecule has 2 aromatic carbocycles. The van der Waals surface area contributed by atoms with Crippen molar-refractivity contribution in [1.29, 1.82) is 0 Å². The van der Waals surface area contributed by atoms with E-state index in [-0.39, 0.29) is 11.8 Å². The normalized spacial score (nSPS) is 17.2. The average Bonchev–Trinajstić information content (AvgIpc) is 2.84. The van der Waals surface area contributed by atoms with E-state index in [2.05, 4.69) is 32.3 Å². The number of rotatable bonds is 5. The number of hydrogen-bond donors (Lipinski definition) is 1. The lowest BCUT2D eigenvalue weighted by molar-refractivity contribution is -0.136. The van der Waals surface area contributed by atoms with E-state index in [9.17, 15) is 9.59 Å². The predicted octanol–water partition coefficient (Wildman–Crippen LogP) is 4.83. The fraction of sp³-hybridized carbons (Fsp3) is 0.308. The van der Waals surface area contributed by atoms with E-state index < -0.39 is 0 Å². The van der Waals surface area contributed by atoms with Crippen LogP contribution in [0.25, 0.3) is 0 Å². The van der Waals surface area contributed by atoms with Crippen LogP contribution in [-0.2, 0) is 17.8 Å². The molecular formula is C26H24Cl2N6O2S. The van der Waals surface area contributed by atoms with Crippen LogP contribution in [0.3, 0.4) is 0 Å². The molecule has 2 amide bonds. The van der Waals surface area contributed by atoms with Gasteiger partial charge in [0, 0.05) is 38.1 Å². The zero-order valence-electron chi connectivity index (χ0n) is 19.9. The number of nitrogens with zero attached hydrogens (tertiary/aromatic N) is 5. The number of carbonyl (C=O) groups is 2. The van der Waals surface area contributed by atoms with E-state index in [1.165, 1.54) is 22.9 Å². The first-order valence-electron chi connectivity index (χ1n) is 12.1. The summed E-state index contributed by atoms with van der Waals surface area (Å²) in [6, 6.07) is 11.4. The van der Waals surface area contributed by atoms with E-state index in [0.717, 1.165) is 44.7 Å². The molecule has 1 N–H and O–H groups in total. The molecule has 1 saturated heterocycles. The topological polar surface area (TPSA) is 81.7 Å². The lowest BCUT2D eigenvalue weighted by atomic mass is 9.99.